The number of ether oxygens (including phenoxy) is 2. The van der Waals surface area contributed by atoms with Crippen molar-refractivity contribution >= 4 is 21.9 Å². The van der Waals surface area contributed by atoms with Crippen molar-refractivity contribution in [1.82, 2.24) is 4.90 Å². The van der Waals surface area contributed by atoms with Gasteiger partial charge in [0.25, 0.3) is 0 Å². The van der Waals surface area contributed by atoms with Gasteiger partial charge in [0.05, 0.1) is 6.61 Å². The Morgan fingerprint density at radius 3 is 2.34 bits per heavy atom. The van der Waals surface area contributed by atoms with Crippen LogP contribution in [0.15, 0.2) is 77.3 Å². The number of alkyl halides is 3. The third-order valence-electron chi connectivity index (χ3n) is 6.66. The van der Waals surface area contributed by atoms with Gasteiger partial charge in [-0.05, 0) is 73.7 Å². The molecule has 38 heavy (non-hydrogen) atoms. The second kappa shape index (κ2) is 11.1. The molecule has 0 aromatic heterocycles. The van der Waals surface area contributed by atoms with E-state index >= 15 is 13.2 Å². The molecule has 0 N–H and O–H groups in total. The van der Waals surface area contributed by atoms with Crippen LogP contribution >= 0.6 is 15.9 Å². The van der Waals surface area contributed by atoms with Crippen LogP contribution in [0.1, 0.15) is 43.0 Å². The van der Waals surface area contributed by atoms with Gasteiger partial charge < -0.3 is 9.47 Å². The van der Waals surface area contributed by atoms with E-state index in [0.717, 1.165) is 5.56 Å². The zero-order chi connectivity index (χ0) is 27.6. The summed E-state index contributed by atoms with van der Waals surface area (Å²) in [6, 6.07) is 20.9. The number of carbonyl (C=O) groups is 1. The van der Waals surface area contributed by atoms with E-state index in [2.05, 4.69) is 15.9 Å². The molecule has 0 aliphatic carbocycles. The van der Waals surface area contributed by atoms with Gasteiger partial charge in [0.2, 0.25) is 0 Å². The topological polar surface area (TPSA) is 38.8 Å². The number of halogens is 4. The first-order valence-corrected chi connectivity index (χ1v) is 13.3. The van der Waals surface area contributed by atoms with Gasteiger partial charge in [-0.3, -0.25) is 4.90 Å². The van der Waals surface area contributed by atoms with E-state index in [9.17, 15) is 4.79 Å². The number of hydrogen-bond acceptors (Lipinski definition) is 4. The first-order chi connectivity index (χ1) is 18.0. The summed E-state index contributed by atoms with van der Waals surface area (Å²) >= 11 is 3.36. The molecule has 0 amide bonds. The third-order valence-corrected chi connectivity index (χ3v) is 7.18. The van der Waals surface area contributed by atoms with Crippen LogP contribution < -0.4 is 4.74 Å². The maximum Gasteiger partial charge on any atom is 0.379 e. The predicted molar refractivity (Wildman–Crippen MR) is 144 cm³/mol. The summed E-state index contributed by atoms with van der Waals surface area (Å²) in [5.41, 5.74) is -2.13. The minimum Gasteiger partial charge on any atom is -0.489 e. The summed E-state index contributed by atoms with van der Waals surface area (Å²) in [6.45, 7) is 4.07. The molecule has 8 heteroatoms. The summed E-state index contributed by atoms with van der Waals surface area (Å²) in [4.78, 5) is 14.3. The van der Waals surface area contributed by atoms with Gasteiger partial charge in [-0.2, -0.15) is 8.78 Å². The molecular weight excluding hydrogens is 559 g/mol. The predicted octanol–water partition coefficient (Wildman–Crippen LogP) is 7.08. The molecule has 1 aliphatic rings. The van der Waals surface area contributed by atoms with Gasteiger partial charge in [0, 0.05) is 17.6 Å². The highest BCUT2D eigenvalue weighted by atomic mass is 79.9. The largest absolute Gasteiger partial charge is 0.489 e. The van der Waals surface area contributed by atoms with Crippen molar-refractivity contribution in [2.24, 2.45) is 0 Å². The van der Waals surface area contributed by atoms with E-state index < -0.39 is 23.1 Å². The van der Waals surface area contributed by atoms with Crippen molar-refractivity contribution in [2.75, 3.05) is 19.7 Å². The lowest BCUT2D eigenvalue weighted by Gasteiger charge is -2.52. The molecule has 0 saturated carbocycles. The monoisotopic (exact) mass is 589 g/mol. The Morgan fingerprint density at radius 2 is 1.71 bits per heavy atom. The van der Waals surface area contributed by atoms with Gasteiger partial charge in [0.1, 0.15) is 23.6 Å². The third kappa shape index (κ3) is 5.47. The number of nitrogens with zero attached hydrogens (tertiary/aromatic N) is 1. The minimum absolute atomic E-state index is 0.105. The molecule has 1 heterocycles. The Kier molecular flexibility index (Phi) is 8.23. The molecule has 4 nitrogen and oxygen atoms in total. The van der Waals surface area contributed by atoms with Gasteiger partial charge in [-0.25, -0.2) is 9.18 Å². The second-order valence-electron chi connectivity index (χ2n) is 10.00. The van der Waals surface area contributed by atoms with E-state index in [0.29, 0.717) is 28.8 Å². The molecule has 0 spiro atoms. The number of rotatable bonds is 9. The zero-order valence-electron chi connectivity index (χ0n) is 21.6. The summed E-state index contributed by atoms with van der Waals surface area (Å²) in [5.74, 6) is -5.16. The Morgan fingerprint density at radius 1 is 1.03 bits per heavy atom. The fourth-order valence-electron chi connectivity index (χ4n) is 5.15. The molecule has 0 saturated heterocycles. The standard InChI is InChI=1S/C30H31BrF3NO3/c1-4-37-27(36)30(33,34)29(23-10-12-24(31)13-11-23)26-15-14-25(38-19-21-8-6-5-7-9-21)18-22(26)16-17-35(29)20-28(2,3)32/h5-15,18H,4,16-17,19-20H2,1-3H3. The van der Waals surface area contributed by atoms with Crippen molar-refractivity contribution in [1.29, 1.82) is 0 Å². The van der Waals surface area contributed by atoms with Crippen molar-refractivity contribution < 1.29 is 27.4 Å². The Balaban J connectivity index is 1.90. The molecule has 1 unspecified atom stereocenters. The molecule has 0 radical (unpaired) electrons. The van der Waals surface area contributed by atoms with Crippen LogP contribution in [0.25, 0.3) is 0 Å². The van der Waals surface area contributed by atoms with Crippen LogP contribution in [0.3, 0.4) is 0 Å². The molecule has 4 rings (SSSR count). The highest BCUT2D eigenvalue weighted by Crippen LogP contribution is 2.53. The quantitative estimate of drug-likeness (QED) is 0.250. The van der Waals surface area contributed by atoms with Crippen LogP contribution in [-0.2, 0) is 28.1 Å². The molecule has 3 aromatic carbocycles. The van der Waals surface area contributed by atoms with Crippen molar-refractivity contribution in [2.45, 2.75) is 50.9 Å². The van der Waals surface area contributed by atoms with E-state index in [1.165, 1.54) is 25.7 Å². The lowest BCUT2D eigenvalue weighted by molar-refractivity contribution is -0.198. The normalized spacial score (nSPS) is 18.1. The van der Waals surface area contributed by atoms with Crippen LogP contribution in [0.2, 0.25) is 0 Å². The van der Waals surface area contributed by atoms with Crippen LogP contribution in [0.4, 0.5) is 13.2 Å². The fraction of sp³-hybridized carbons (Fsp3) is 0.367. The fourth-order valence-corrected chi connectivity index (χ4v) is 5.42. The van der Waals surface area contributed by atoms with Crippen LogP contribution in [0.5, 0.6) is 5.75 Å². The highest BCUT2D eigenvalue weighted by molar-refractivity contribution is 9.10. The SMILES string of the molecule is CCOC(=O)C(F)(F)C1(c2ccc(Br)cc2)c2ccc(OCc3ccccc3)cc2CCN1CC(C)(C)F. The second-order valence-corrected chi connectivity index (χ2v) is 10.9. The van der Waals surface area contributed by atoms with Gasteiger partial charge >= 0.3 is 11.9 Å². The highest BCUT2D eigenvalue weighted by Gasteiger charge is 2.67. The minimum atomic E-state index is -4.04. The van der Waals surface area contributed by atoms with Crippen molar-refractivity contribution in [3.05, 3.63) is 99.5 Å². The number of carbonyl (C=O) groups excluding carboxylic acids is 1. The van der Waals surface area contributed by atoms with Crippen LogP contribution in [-0.4, -0.2) is 42.2 Å². The van der Waals surface area contributed by atoms with E-state index in [4.69, 9.17) is 9.47 Å². The Bertz CT molecular complexity index is 1260. The smallest absolute Gasteiger partial charge is 0.379 e. The van der Waals surface area contributed by atoms with Crippen molar-refractivity contribution in [3.8, 4) is 5.75 Å². The summed E-state index contributed by atoms with van der Waals surface area (Å²) in [6.07, 6.45) is 0.380. The van der Waals surface area contributed by atoms with E-state index in [1.54, 1.807) is 42.5 Å². The average molecular weight is 590 g/mol. The van der Waals surface area contributed by atoms with Gasteiger partial charge in [-0.15, -0.1) is 0 Å². The first kappa shape index (κ1) is 28.2. The Hall–Kier alpha value is -2.84. The number of hydrogen-bond donors (Lipinski definition) is 0. The summed E-state index contributed by atoms with van der Waals surface area (Å²) in [5, 5.41) is 0. The number of esters is 1. The van der Waals surface area contributed by atoms with Gasteiger partial charge in [0.15, 0.2) is 0 Å². The van der Waals surface area contributed by atoms with Crippen molar-refractivity contribution in [3.63, 3.8) is 0 Å². The van der Waals surface area contributed by atoms with E-state index in [1.807, 2.05) is 30.3 Å². The van der Waals surface area contributed by atoms with Gasteiger partial charge in [-0.1, -0.05) is 64.5 Å². The number of benzene rings is 3. The number of fused-ring (bicyclic) bond motifs is 1. The summed E-state index contributed by atoms with van der Waals surface area (Å²) < 4.78 is 59.9. The molecule has 1 aliphatic heterocycles. The first-order valence-electron chi connectivity index (χ1n) is 12.5. The molecular formula is C30H31BrF3NO3. The molecule has 0 fully saturated rings. The average Bonchev–Trinajstić information content (AvgIpc) is 2.88. The molecule has 1 atom stereocenters. The Labute approximate surface area is 229 Å². The molecule has 0 bridgehead atoms. The maximum atomic E-state index is 16.6. The lowest BCUT2D eigenvalue weighted by atomic mass is 9.71. The molecule has 202 valence electrons. The van der Waals surface area contributed by atoms with Crippen LogP contribution in [0, 0.1) is 0 Å². The lowest BCUT2D eigenvalue weighted by Crippen LogP contribution is -2.66. The van der Waals surface area contributed by atoms with E-state index in [-0.39, 0.29) is 30.8 Å². The zero-order valence-corrected chi connectivity index (χ0v) is 23.2. The maximum absolute atomic E-state index is 16.6. The molecule has 3 aromatic rings. The summed E-state index contributed by atoms with van der Waals surface area (Å²) in [7, 11) is 0.